The second-order valence-corrected chi connectivity index (χ2v) is 8.89. The normalized spacial score (nSPS) is 22.2. The van der Waals surface area contributed by atoms with Crippen LogP contribution < -0.4 is 4.90 Å². The first-order valence-electron chi connectivity index (χ1n) is 10.4. The van der Waals surface area contributed by atoms with E-state index < -0.39 is 0 Å². The zero-order valence-electron chi connectivity index (χ0n) is 16.4. The Hall–Kier alpha value is -2.66. The monoisotopic (exact) mass is 403 g/mol. The number of nitrogens with zero attached hydrogens (tertiary/aromatic N) is 3. The van der Waals surface area contributed by atoms with Crippen LogP contribution in [0.25, 0.3) is 10.2 Å². The highest BCUT2D eigenvalue weighted by Crippen LogP contribution is 2.39. The zero-order chi connectivity index (χ0) is 19.6. The van der Waals surface area contributed by atoms with E-state index in [2.05, 4.69) is 64.4 Å². The smallest absolute Gasteiger partial charge is 0.226 e. The largest absolute Gasteiger partial charge is 0.368 e. The fourth-order valence-electron chi connectivity index (χ4n) is 4.47. The number of anilines is 1. The van der Waals surface area contributed by atoms with Gasteiger partial charge in [-0.2, -0.15) is 0 Å². The average molecular weight is 404 g/mol. The summed E-state index contributed by atoms with van der Waals surface area (Å²) >= 11 is 1.75. The standard InChI is InChI=1S/C24H25N3OS/c28-24(27-16-14-26(15-17-27)18-8-2-1-3-9-18)20-11-5-4-10-19(20)23-25-21-12-6-7-13-22(21)29-23/h1-9,12-13,19-20H,10-11,14-17H2/t19-,20-/m1/s1. The molecule has 5 rings (SSSR count). The van der Waals surface area contributed by atoms with Crippen LogP contribution in [0, 0.1) is 5.92 Å². The Kier molecular flexibility index (Phi) is 5.06. The molecule has 148 valence electrons. The Morgan fingerprint density at radius 2 is 1.62 bits per heavy atom. The molecule has 0 N–H and O–H groups in total. The second kappa shape index (κ2) is 7.99. The van der Waals surface area contributed by atoms with Crippen molar-refractivity contribution < 1.29 is 4.79 Å². The zero-order valence-corrected chi connectivity index (χ0v) is 17.2. The lowest BCUT2D eigenvalue weighted by Crippen LogP contribution is -2.51. The van der Waals surface area contributed by atoms with Gasteiger partial charge in [-0.25, -0.2) is 4.98 Å². The quantitative estimate of drug-likeness (QED) is 0.595. The second-order valence-electron chi connectivity index (χ2n) is 7.82. The van der Waals surface area contributed by atoms with E-state index >= 15 is 0 Å². The molecule has 0 radical (unpaired) electrons. The molecule has 5 heteroatoms. The van der Waals surface area contributed by atoms with Crippen molar-refractivity contribution in [3.63, 3.8) is 0 Å². The highest BCUT2D eigenvalue weighted by molar-refractivity contribution is 7.18. The first-order valence-corrected chi connectivity index (χ1v) is 11.2. The molecule has 1 aliphatic heterocycles. The van der Waals surface area contributed by atoms with Crippen molar-refractivity contribution in [3.8, 4) is 0 Å². The molecule has 4 nitrogen and oxygen atoms in total. The molecular weight excluding hydrogens is 378 g/mol. The maximum Gasteiger partial charge on any atom is 0.226 e. The van der Waals surface area contributed by atoms with Gasteiger partial charge in [-0.15, -0.1) is 11.3 Å². The van der Waals surface area contributed by atoms with Gasteiger partial charge in [0.25, 0.3) is 0 Å². The summed E-state index contributed by atoms with van der Waals surface area (Å²) in [6, 6.07) is 18.7. The predicted octanol–water partition coefficient (Wildman–Crippen LogP) is 4.69. The molecule has 2 aliphatic rings. The van der Waals surface area contributed by atoms with E-state index in [0.29, 0.717) is 5.91 Å². The van der Waals surface area contributed by atoms with Gasteiger partial charge in [0, 0.05) is 37.8 Å². The first kappa shape index (κ1) is 18.4. The highest BCUT2D eigenvalue weighted by Gasteiger charge is 2.35. The van der Waals surface area contributed by atoms with E-state index in [1.54, 1.807) is 11.3 Å². The molecule has 0 spiro atoms. The van der Waals surface area contributed by atoms with Crippen molar-refractivity contribution in [1.29, 1.82) is 0 Å². The Morgan fingerprint density at radius 1 is 0.897 bits per heavy atom. The summed E-state index contributed by atoms with van der Waals surface area (Å²) in [4.78, 5) is 22.8. The van der Waals surface area contributed by atoms with Crippen LogP contribution in [0.3, 0.4) is 0 Å². The minimum absolute atomic E-state index is 0.00355. The molecule has 0 bridgehead atoms. The van der Waals surface area contributed by atoms with E-state index in [4.69, 9.17) is 4.98 Å². The van der Waals surface area contributed by atoms with Gasteiger partial charge in [-0.3, -0.25) is 4.79 Å². The lowest BCUT2D eigenvalue weighted by atomic mass is 9.82. The molecule has 1 aromatic heterocycles. The summed E-state index contributed by atoms with van der Waals surface area (Å²) in [6.45, 7) is 3.37. The van der Waals surface area contributed by atoms with Gasteiger partial charge >= 0.3 is 0 Å². The number of aromatic nitrogens is 1. The molecule has 0 unspecified atom stereocenters. The maximum atomic E-state index is 13.4. The fourth-order valence-corrected chi connectivity index (χ4v) is 5.61. The van der Waals surface area contributed by atoms with Gasteiger partial charge in [0.05, 0.1) is 21.1 Å². The van der Waals surface area contributed by atoms with Gasteiger partial charge in [0.15, 0.2) is 0 Å². The Bertz CT molecular complexity index is 988. The Balaban J connectivity index is 1.31. The van der Waals surface area contributed by atoms with Crippen LogP contribution in [0.15, 0.2) is 66.7 Å². The number of fused-ring (bicyclic) bond motifs is 1. The molecule has 1 fully saturated rings. The molecule has 1 amide bonds. The highest BCUT2D eigenvalue weighted by atomic mass is 32.1. The van der Waals surface area contributed by atoms with Crippen LogP contribution in [0.2, 0.25) is 0 Å². The maximum absolute atomic E-state index is 13.4. The van der Waals surface area contributed by atoms with Crippen LogP contribution >= 0.6 is 11.3 Å². The number of amides is 1. The van der Waals surface area contributed by atoms with Crippen molar-refractivity contribution in [3.05, 3.63) is 71.8 Å². The Labute approximate surface area is 175 Å². The van der Waals surface area contributed by atoms with Crippen molar-refractivity contribution in [2.75, 3.05) is 31.1 Å². The summed E-state index contributed by atoms with van der Waals surface area (Å²) in [5, 5.41) is 1.11. The predicted molar refractivity (Wildman–Crippen MR) is 119 cm³/mol. The van der Waals surface area contributed by atoms with E-state index in [0.717, 1.165) is 49.5 Å². The Morgan fingerprint density at radius 3 is 2.41 bits per heavy atom. The number of carbonyl (C=O) groups is 1. The van der Waals surface area contributed by atoms with Crippen molar-refractivity contribution >= 4 is 33.1 Å². The van der Waals surface area contributed by atoms with Crippen LogP contribution in [0.4, 0.5) is 5.69 Å². The summed E-state index contributed by atoms with van der Waals surface area (Å²) in [5.74, 6) is 0.493. The number of carbonyl (C=O) groups excluding carboxylic acids is 1. The SMILES string of the molecule is O=C([C@@H]1CC=CC[C@H]1c1nc2ccccc2s1)N1CCN(c2ccccc2)CC1. The number of benzene rings is 2. The minimum atomic E-state index is 0.00355. The van der Waals surface area contributed by atoms with Crippen molar-refractivity contribution in [2.45, 2.75) is 18.8 Å². The molecular formula is C24H25N3OS. The lowest BCUT2D eigenvalue weighted by Gasteiger charge is -2.39. The minimum Gasteiger partial charge on any atom is -0.368 e. The number of allylic oxidation sites excluding steroid dienone is 2. The molecule has 29 heavy (non-hydrogen) atoms. The number of piperazine rings is 1. The number of hydrogen-bond acceptors (Lipinski definition) is 4. The molecule has 2 aromatic carbocycles. The number of hydrogen-bond donors (Lipinski definition) is 0. The van der Waals surface area contributed by atoms with Crippen molar-refractivity contribution in [2.24, 2.45) is 5.92 Å². The molecule has 0 saturated carbocycles. The number of para-hydroxylation sites is 2. The molecule has 1 aliphatic carbocycles. The average Bonchev–Trinajstić information content (AvgIpc) is 3.23. The van der Waals surface area contributed by atoms with Gasteiger partial charge in [0.1, 0.15) is 0 Å². The van der Waals surface area contributed by atoms with Gasteiger partial charge in [-0.1, -0.05) is 42.5 Å². The summed E-state index contributed by atoms with van der Waals surface area (Å²) in [5.41, 5.74) is 2.29. The van der Waals surface area contributed by atoms with Crippen LogP contribution in [0.1, 0.15) is 23.8 Å². The van der Waals surface area contributed by atoms with E-state index in [1.165, 1.54) is 10.4 Å². The van der Waals surface area contributed by atoms with E-state index in [9.17, 15) is 4.79 Å². The van der Waals surface area contributed by atoms with E-state index in [1.807, 2.05) is 12.1 Å². The molecule has 2 heterocycles. The van der Waals surface area contributed by atoms with Gasteiger partial charge in [0.2, 0.25) is 5.91 Å². The fraction of sp³-hybridized carbons (Fsp3) is 0.333. The molecule has 3 aromatic rings. The molecule has 2 atom stereocenters. The van der Waals surface area contributed by atoms with Crippen LogP contribution in [-0.2, 0) is 4.79 Å². The third kappa shape index (κ3) is 3.67. The number of rotatable bonds is 3. The van der Waals surface area contributed by atoms with Crippen LogP contribution in [-0.4, -0.2) is 42.0 Å². The van der Waals surface area contributed by atoms with E-state index in [-0.39, 0.29) is 11.8 Å². The third-order valence-corrected chi connectivity index (χ3v) is 7.26. The lowest BCUT2D eigenvalue weighted by molar-refractivity contribution is -0.136. The molecule has 1 saturated heterocycles. The summed E-state index contributed by atoms with van der Waals surface area (Å²) in [6.07, 6.45) is 6.11. The summed E-state index contributed by atoms with van der Waals surface area (Å²) < 4.78 is 1.21. The third-order valence-electron chi connectivity index (χ3n) is 6.09. The van der Waals surface area contributed by atoms with Gasteiger partial charge in [-0.05, 0) is 37.1 Å². The van der Waals surface area contributed by atoms with Crippen molar-refractivity contribution in [1.82, 2.24) is 9.88 Å². The number of thiazole rings is 1. The van der Waals surface area contributed by atoms with Crippen LogP contribution in [0.5, 0.6) is 0 Å². The first-order chi connectivity index (χ1) is 14.3. The summed E-state index contributed by atoms with van der Waals surface area (Å²) in [7, 11) is 0. The topological polar surface area (TPSA) is 36.4 Å². The van der Waals surface area contributed by atoms with Gasteiger partial charge < -0.3 is 9.80 Å².